The number of hydrogen-bond donors (Lipinski definition) is 2. The molecule has 0 saturated heterocycles. The molecule has 0 aliphatic rings. The molecule has 1 rings (SSSR count). The van der Waals surface area contributed by atoms with E-state index < -0.39 is 11.7 Å². The van der Waals surface area contributed by atoms with Gasteiger partial charge in [-0.25, -0.2) is 0 Å². The van der Waals surface area contributed by atoms with E-state index in [1.54, 1.807) is 0 Å². The summed E-state index contributed by atoms with van der Waals surface area (Å²) in [5.74, 6) is 0. The predicted octanol–water partition coefficient (Wildman–Crippen LogP) is 3.94. The molecule has 1 aromatic rings. The van der Waals surface area contributed by atoms with E-state index in [1.165, 1.54) is 6.07 Å². The highest BCUT2D eigenvalue weighted by molar-refractivity contribution is 7.80. The van der Waals surface area contributed by atoms with Gasteiger partial charge in [-0.15, -0.1) is 0 Å². The van der Waals surface area contributed by atoms with Crippen molar-refractivity contribution in [2.24, 2.45) is 5.73 Å². The van der Waals surface area contributed by atoms with Crippen LogP contribution in [0.4, 0.5) is 18.9 Å². The van der Waals surface area contributed by atoms with Crippen molar-refractivity contribution < 1.29 is 13.2 Å². The Balaban J connectivity index is 3.24. The molecule has 106 valence electrons. The van der Waals surface area contributed by atoms with E-state index in [4.69, 9.17) is 18.0 Å². The van der Waals surface area contributed by atoms with E-state index in [0.29, 0.717) is 5.69 Å². The molecule has 0 spiro atoms. The fourth-order valence-corrected chi connectivity index (χ4v) is 1.66. The maximum absolute atomic E-state index is 12.7. The van der Waals surface area contributed by atoms with Crippen LogP contribution in [0.5, 0.6) is 0 Å². The molecular weight excluding hydrogens is 273 g/mol. The third kappa shape index (κ3) is 4.09. The van der Waals surface area contributed by atoms with Crippen LogP contribution in [0.1, 0.15) is 38.3 Å². The molecule has 0 bridgehead atoms. The van der Waals surface area contributed by atoms with Gasteiger partial charge in [0.25, 0.3) is 0 Å². The first-order valence-corrected chi connectivity index (χ1v) is 6.27. The molecule has 0 fully saturated rings. The Morgan fingerprint density at radius 1 is 1.32 bits per heavy atom. The Labute approximate surface area is 116 Å². The Morgan fingerprint density at radius 2 is 1.89 bits per heavy atom. The summed E-state index contributed by atoms with van der Waals surface area (Å²) in [5, 5.41) is 3.16. The molecule has 0 radical (unpaired) electrons. The van der Waals surface area contributed by atoms with E-state index in [0.717, 1.165) is 18.6 Å². The summed E-state index contributed by atoms with van der Waals surface area (Å²) in [5.41, 5.74) is 5.24. The van der Waals surface area contributed by atoms with Gasteiger partial charge in [0.1, 0.15) is 4.99 Å². The number of anilines is 1. The standard InChI is InChI=1S/C13H17F3N2S/c1-4-12(2,3)18-10-6-5-8(13(14,15)16)7-9(10)11(17)19/h5-7,18H,4H2,1-3H3,(H2,17,19). The van der Waals surface area contributed by atoms with Gasteiger partial charge in [0.05, 0.1) is 5.56 Å². The minimum absolute atomic E-state index is 0.0551. The van der Waals surface area contributed by atoms with Crippen LogP contribution in [0.15, 0.2) is 18.2 Å². The zero-order chi connectivity index (χ0) is 14.8. The van der Waals surface area contributed by atoms with Crippen LogP contribution in [-0.4, -0.2) is 10.5 Å². The van der Waals surface area contributed by atoms with Crippen molar-refractivity contribution in [2.45, 2.75) is 38.9 Å². The van der Waals surface area contributed by atoms with Crippen LogP contribution in [0, 0.1) is 0 Å². The maximum atomic E-state index is 12.7. The van der Waals surface area contributed by atoms with Crippen molar-refractivity contribution in [3.8, 4) is 0 Å². The van der Waals surface area contributed by atoms with Gasteiger partial charge in [0.15, 0.2) is 0 Å². The molecule has 0 heterocycles. The number of thiocarbonyl (C=S) groups is 1. The predicted molar refractivity (Wildman–Crippen MR) is 75.3 cm³/mol. The summed E-state index contributed by atoms with van der Waals surface area (Å²) >= 11 is 4.83. The second-order valence-corrected chi connectivity index (χ2v) is 5.42. The van der Waals surface area contributed by atoms with Crippen LogP contribution in [0.2, 0.25) is 0 Å². The van der Waals surface area contributed by atoms with E-state index in [1.807, 2.05) is 20.8 Å². The minimum atomic E-state index is -4.40. The van der Waals surface area contributed by atoms with Crippen LogP contribution in [0.25, 0.3) is 0 Å². The number of alkyl halides is 3. The number of halogens is 3. The molecule has 0 aromatic heterocycles. The number of benzene rings is 1. The molecule has 0 amide bonds. The summed E-state index contributed by atoms with van der Waals surface area (Å²) in [6, 6.07) is 3.38. The number of rotatable bonds is 4. The van der Waals surface area contributed by atoms with Crippen LogP contribution in [0.3, 0.4) is 0 Å². The number of nitrogens with one attached hydrogen (secondary N) is 1. The average molecular weight is 290 g/mol. The monoisotopic (exact) mass is 290 g/mol. The van der Waals surface area contributed by atoms with Crippen molar-refractivity contribution in [1.82, 2.24) is 0 Å². The minimum Gasteiger partial charge on any atom is -0.389 e. The lowest BCUT2D eigenvalue weighted by Gasteiger charge is -2.27. The molecule has 2 nitrogen and oxygen atoms in total. The summed E-state index contributed by atoms with van der Waals surface area (Å²) < 4.78 is 38.0. The molecule has 0 saturated carbocycles. The number of nitrogens with two attached hydrogens (primary N) is 1. The topological polar surface area (TPSA) is 38.0 Å². The van der Waals surface area contributed by atoms with E-state index in [2.05, 4.69) is 5.32 Å². The molecule has 0 atom stereocenters. The second-order valence-electron chi connectivity index (χ2n) is 4.98. The second kappa shape index (κ2) is 5.36. The SMILES string of the molecule is CCC(C)(C)Nc1ccc(C(F)(F)F)cc1C(N)=S. The molecule has 19 heavy (non-hydrogen) atoms. The van der Waals surface area contributed by atoms with Gasteiger partial charge < -0.3 is 11.1 Å². The highest BCUT2D eigenvalue weighted by Gasteiger charge is 2.31. The number of hydrogen-bond acceptors (Lipinski definition) is 2. The third-order valence-corrected chi connectivity index (χ3v) is 3.19. The Morgan fingerprint density at radius 3 is 2.32 bits per heavy atom. The molecule has 6 heteroatoms. The summed E-state index contributed by atoms with van der Waals surface area (Å²) in [6.45, 7) is 5.89. The van der Waals surface area contributed by atoms with Crippen molar-refractivity contribution >= 4 is 22.9 Å². The zero-order valence-corrected chi connectivity index (χ0v) is 11.9. The van der Waals surface area contributed by atoms with Gasteiger partial charge in [-0.1, -0.05) is 19.1 Å². The molecular formula is C13H17F3N2S. The van der Waals surface area contributed by atoms with Crippen molar-refractivity contribution in [1.29, 1.82) is 0 Å². The van der Waals surface area contributed by atoms with Gasteiger partial charge >= 0.3 is 6.18 Å². The largest absolute Gasteiger partial charge is 0.416 e. The third-order valence-electron chi connectivity index (χ3n) is 2.97. The molecule has 3 N–H and O–H groups in total. The first-order valence-electron chi connectivity index (χ1n) is 5.86. The Hall–Kier alpha value is -1.30. The maximum Gasteiger partial charge on any atom is 0.416 e. The van der Waals surface area contributed by atoms with Gasteiger partial charge in [0, 0.05) is 16.8 Å². The smallest absolute Gasteiger partial charge is 0.389 e. The van der Waals surface area contributed by atoms with E-state index in [-0.39, 0.29) is 16.1 Å². The van der Waals surface area contributed by atoms with E-state index in [9.17, 15) is 13.2 Å². The quantitative estimate of drug-likeness (QED) is 0.825. The summed E-state index contributed by atoms with van der Waals surface area (Å²) in [7, 11) is 0. The van der Waals surface area contributed by atoms with Crippen LogP contribution >= 0.6 is 12.2 Å². The Bertz CT molecular complexity index is 481. The molecule has 0 aliphatic carbocycles. The Kier molecular flexibility index (Phi) is 4.45. The molecule has 0 aliphatic heterocycles. The first-order chi connectivity index (χ1) is 8.57. The van der Waals surface area contributed by atoms with Crippen molar-refractivity contribution in [3.63, 3.8) is 0 Å². The van der Waals surface area contributed by atoms with Gasteiger partial charge in [0.2, 0.25) is 0 Å². The average Bonchev–Trinajstić information content (AvgIpc) is 2.27. The molecule has 0 unspecified atom stereocenters. The van der Waals surface area contributed by atoms with E-state index >= 15 is 0 Å². The lowest BCUT2D eigenvalue weighted by Crippen LogP contribution is -2.31. The van der Waals surface area contributed by atoms with Crippen molar-refractivity contribution in [3.05, 3.63) is 29.3 Å². The fraction of sp³-hybridized carbons (Fsp3) is 0.462. The lowest BCUT2D eigenvalue weighted by atomic mass is 9.99. The molecule has 1 aromatic carbocycles. The van der Waals surface area contributed by atoms with Crippen LogP contribution in [-0.2, 0) is 6.18 Å². The summed E-state index contributed by atoms with van der Waals surface area (Å²) in [4.78, 5) is -0.0551. The van der Waals surface area contributed by atoms with Crippen molar-refractivity contribution in [2.75, 3.05) is 5.32 Å². The normalized spacial score (nSPS) is 12.3. The fourth-order valence-electron chi connectivity index (χ4n) is 1.49. The lowest BCUT2D eigenvalue weighted by molar-refractivity contribution is -0.137. The summed E-state index contributed by atoms with van der Waals surface area (Å²) in [6.07, 6.45) is -3.59. The van der Waals surface area contributed by atoms with Gasteiger partial charge in [-0.3, -0.25) is 0 Å². The van der Waals surface area contributed by atoms with Gasteiger partial charge in [-0.05, 0) is 38.5 Å². The first kappa shape index (κ1) is 15.8. The van der Waals surface area contributed by atoms with Crippen LogP contribution < -0.4 is 11.1 Å². The zero-order valence-electron chi connectivity index (χ0n) is 11.1. The van der Waals surface area contributed by atoms with Gasteiger partial charge in [-0.2, -0.15) is 13.2 Å². The highest BCUT2D eigenvalue weighted by Crippen LogP contribution is 2.32. The highest BCUT2D eigenvalue weighted by atomic mass is 32.1.